The number of hydrogen-bond donors (Lipinski definition) is 0. The maximum atomic E-state index is 12.1. The van der Waals surface area contributed by atoms with Gasteiger partial charge in [-0.1, -0.05) is 5.16 Å². The van der Waals surface area contributed by atoms with Gasteiger partial charge in [-0.25, -0.2) is 0 Å². The van der Waals surface area contributed by atoms with Crippen molar-refractivity contribution >= 4 is 12.3 Å². The van der Waals surface area contributed by atoms with Gasteiger partial charge in [0.25, 0.3) is 5.91 Å². The molecule has 6 heteroatoms. The molecule has 0 unspecified atom stereocenters. The predicted molar refractivity (Wildman–Crippen MR) is 59.5 cm³/mol. The second-order valence-corrected chi connectivity index (χ2v) is 4.15. The fraction of sp³-hybridized carbons (Fsp3) is 0.545. The summed E-state index contributed by atoms with van der Waals surface area (Å²) in [7, 11) is 0. The SMILES string of the molecule is Cc1onc(C(=O)N2CCN(C=O)CC2)c1C. The summed E-state index contributed by atoms with van der Waals surface area (Å²) < 4.78 is 4.99. The third-order valence-corrected chi connectivity index (χ3v) is 3.11. The molecule has 0 radical (unpaired) electrons. The van der Waals surface area contributed by atoms with Crippen LogP contribution in [0.1, 0.15) is 21.8 Å². The van der Waals surface area contributed by atoms with Crippen molar-refractivity contribution < 1.29 is 14.1 Å². The summed E-state index contributed by atoms with van der Waals surface area (Å²) in [6.07, 6.45) is 0.813. The standard InChI is InChI=1S/C11H15N3O3/c1-8-9(2)17-12-10(8)11(16)14-5-3-13(7-15)4-6-14/h7H,3-6H2,1-2H3. The Hall–Kier alpha value is -1.85. The number of rotatable bonds is 2. The van der Waals surface area contributed by atoms with Crippen molar-refractivity contribution in [3.63, 3.8) is 0 Å². The average molecular weight is 237 g/mol. The lowest BCUT2D eigenvalue weighted by Gasteiger charge is -2.32. The van der Waals surface area contributed by atoms with E-state index in [1.54, 1.807) is 16.7 Å². The van der Waals surface area contributed by atoms with Crippen LogP contribution >= 0.6 is 0 Å². The average Bonchev–Trinajstić information content (AvgIpc) is 2.69. The maximum absolute atomic E-state index is 12.1. The maximum Gasteiger partial charge on any atom is 0.276 e. The van der Waals surface area contributed by atoms with Crippen LogP contribution in [0.3, 0.4) is 0 Å². The van der Waals surface area contributed by atoms with Gasteiger partial charge in [-0.15, -0.1) is 0 Å². The topological polar surface area (TPSA) is 66.7 Å². The van der Waals surface area contributed by atoms with Crippen LogP contribution in [0.25, 0.3) is 0 Å². The zero-order valence-corrected chi connectivity index (χ0v) is 9.97. The predicted octanol–water partition coefficient (Wildman–Crippen LogP) is 0.206. The van der Waals surface area contributed by atoms with Crippen molar-refractivity contribution in [2.45, 2.75) is 13.8 Å². The molecular formula is C11H15N3O3. The lowest BCUT2D eigenvalue weighted by molar-refractivity contribution is -0.119. The van der Waals surface area contributed by atoms with Gasteiger partial charge in [0, 0.05) is 31.7 Å². The summed E-state index contributed by atoms with van der Waals surface area (Å²) in [5.41, 5.74) is 1.16. The van der Waals surface area contributed by atoms with Crippen LogP contribution in [0.15, 0.2) is 4.52 Å². The molecule has 0 aromatic carbocycles. The molecule has 1 aromatic heterocycles. The third-order valence-electron chi connectivity index (χ3n) is 3.11. The van der Waals surface area contributed by atoms with E-state index in [2.05, 4.69) is 5.16 Å². The van der Waals surface area contributed by atoms with Gasteiger partial charge in [-0.05, 0) is 13.8 Å². The molecule has 92 valence electrons. The first-order chi connectivity index (χ1) is 8.13. The Morgan fingerprint density at radius 3 is 2.41 bits per heavy atom. The van der Waals surface area contributed by atoms with Crippen molar-refractivity contribution in [2.24, 2.45) is 0 Å². The van der Waals surface area contributed by atoms with E-state index in [9.17, 15) is 9.59 Å². The van der Waals surface area contributed by atoms with Gasteiger partial charge in [-0.2, -0.15) is 0 Å². The summed E-state index contributed by atoms with van der Waals surface area (Å²) in [5.74, 6) is 0.546. The van der Waals surface area contributed by atoms with Crippen LogP contribution in [-0.2, 0) is 4.79 Å². The van der Waals surface area contributed by atoms with E-state index in [-0.39, 0.29) is 5.91 Å². The Balaban J connectivity index is 2.07. The Labute approximate surface area is 99.2 Å². The van der Waals surface area contributed by atoms with Gasteiger partial charge < -0.3 is 14.3 Å². The van der Waals surface area contributed by atoms with Gasteiger partial charge in [-0.3, -0.25) is 9.59 Å². The van der Waals surface area contributed by atoms with Gasteiger partial charge in [0.05, 0.1) is 0 Å². The Kier molecular flexibility index (Phi) is 3.12. The molecule has 0 saturated carbocycles. The summed E-state index contributed by atoms with van der Waals surface area (Å²) in [4.78, 5) is 26.0. The van der Waals surface area contributed by atoms with E-state index >= 15 is 0 Å². The minimum absolute atomic E-state index is 0.120. The number of nitrogens with zero attached hydrogens (tertiary/aromatic N) is 3. The first kappa shape index (κ1) is 11.6. The first-order valence-electron chi connectivity index (χ1n) is 5.55. The molecule has 1 saturated heterocycles. The smallest absolute Gasteiger partial charge is 0.276 e. The number of hydrogen-bond acceptors (Lipinski definition) is 4. The summed E-state index contributed by atoms with van der Waals surface area (Å²) in [6, 6.07) is 0. The van der Waals surface area contributed by atoms with Crippen molar-refractivity contribution in [1.29, 1.82) is 0 Å². The molecule has 0 N–H and O–H groups in total. The molecule has 1 aliphatic heterocycles. The van der Waals surface area contributed by atoms with E-state index in [0.717, 1.165) is 12.0 Å². The van der Waals surface area contributed by atoms with E-state index in [1.165, 1.54) is 0 Å². The zero-order valence-electron chi connectivity index (χ0n) is 9.97. The van der Waals surface area contributed by atoms with Crippen LogP contribution in [0, 0.1) is 13.8 Å². The zero-order chi connectivity index (χ0) is 12.4. The van der Waals surface area contributed by atoms with Gasteiger partial charge in [0.15, 0.2) is 5.69 Å². The fourth-order valence-electron chi connectivity index (χ4n) is 1.80. The molecule has 0 atom stereocenters. The van der Waals surface area contributed by atoms with Gasteiger partial charge >= 0.3 is 0 Å². The molecule has 17 heavy (non-hydrogen) atoms. The molecule has 1 aromatic rings. The lowest BCUT2D eigenvalue weighted by Crippen LogP contribution is -2.48. The Morgan fingerprint density at radius 2 is 1.94 bits per heavy atom. The highest BCUT2D eigenvalue weighted by atomic mass is 16.5. The van der Waals surface area contributed by atoms with Crippen molar-refractivity contribution in [1.82, 2.24) is 15.0 Å². The molecule has 2 heterocycles. The van der Waals surface area contributed by atoms with Gasteiger partial charge in [0.2, 0.25) is 6.41 Å². The minimum Gasteiger partial charge on any atom is -0.361 e. The van der Waals surface area contributed by atoms with Gasteiger partial charge in [0.1, 0.15) is 5.76 Å². The number of carbonyl (C=O) groups is 2. The van der Waals surface area contributed by atoms with E-state index in [4.69, 9.17) is 4.52 Å². The second kappa shape index (κ2) is 4.57. The van der Waals surface area contributed by atoms with Crippen LogP contribution in [0.2, 0.25) is 0 Å². The monoisotopic (exact) mass is 237 g/mol. The first-order valence-corrected chi connectivity index (χ1v) is 5.55. The molecule has 1 fully saturated rings. The number of aromatic nitrogens is 1. The van der Waals surface area contributed by atoms with E-state index in [0.29, 0.717) is 37.6 Å². The Morgan fingerprint density at radius 1 is 1.29 bits per heavy atom. The van der Waals surface area contributed by atoms with Crippen molar-refractivity contribution in [3.8, 4) is 0 Å². The third kappa shape index (κ3) is 2.15. The van der Waals surface area contributed by atoms with Crippen LogP contribution in [-0.4, -0.2) is 53.5 Å². The van der Waals surface area contributed by atoms with Crippen molar-refractivity contribution in [3.05, 3.63) is 17.0 Å². The van der Waals surface area contributed by atoms with E-state index in [1.807, 2.05) is 6.92 Å². The highest BCUT2D eigenvalue weighted by Crippen LogP contribution is 2.14. The van der Waals surface area contributed by atoms with Crippen LogP contribution < -0.4 is 0 Å². The second-order valence-electron chi connectivity index (χ2n) is 4.15. The molecule has 0 bridgehead atoms. The molecule has 2 amide bonds. The quantitative estimate of drug-likeness (QED) is 0.689. The molecule has 1 aliphatic rings. The number of piperazine rings is 1. The molecular weight excluding hydrogens is 222 g/mol. The fourth-order valence-corrected chi connectivity index (χ4v) is 1.80. The normalized spacial score (nSPS) is 16.1. The minimum atomic E-state index is -0.120. The van der Waals surface area contributed by atoms with Crippen LogP contribution in [0.5, 0.6) is 0 Å². The number of carbonyl (C=O) groups excluding carboxylic acids is 2. The van der Waals surface area contributed by atoms with Crippen LogP contribution in [0.4, 0.5) is 0 Å². The summed E-state index contributed by atoms with van der Waals surface area (Å²) in [6.45, 7) is 5.84. The summed E-state index contributed by atoms with van der Waals surface area (Å²) in [5, 5.41) is 3.78. The molecule has 2 rings (SSSR count). The summed E-state index contributed by atoms with van der Waals surface area (Å²) >= 11 is 0. The molecule has 0 aliphatic carbocycles. The lowest BCUT2D eigenvalue weighted by atomic mass is 10.2. The molecule has 6 nitrogen and oxygen atoms in total. The number of amides is 2. The molecule has 0 spiro atoms. The van der Waals surface area contributed by atoms with Crippen molar-refractivity contribution in [2.75, 3.05) is 26.2 Å². The number of aryl methyl sites for hydroxylation is 1. The van der Waals surface area contributed by atoms with E-state index < -0.39 is 0 Å². The highest BCUT2D eigenvalue weighted by Gasteiger charge is 2.25. The highest BCUT2D eigenvalue weighted by molar-refractivity contribution is 5.93. The largest absolute Gasteiger partial charge is 0.361 e. The Bertz CT molecular complexity index is 433.